The molecule has 0 spiro atoms. The van der Waals surface area contributed by atoms with E-state index in [0.717, 1.165) is 18.3 Å². The lowest BCUT2D eigenvalue weighted by Crippen LogP contribution is -2.30. The van der Waals surface area contributed by atoms with Gasteiger partial charge in [-0.1, -0.05) is 0 Å². The third-order valence-electron chi connectivity index (χ3n) is 2.68. The van der Waals surface area contributed by atoms with E-state index in [1.54, 1.807) is 13.0 Å². The molecule has 10 heteroatoms. The average Bonchev–Trinajstić information content (AvgIpc) is 2.45. The summed E-state index contributed by atoms with van der Waals surface area (Å²) < 4.78 is 37.9. The number of hydrogen-bond donors (Lipinski definition) is 3. The highest BCUT2D eigenvalue weighted by molar-refractivity contribution is 5.92. The van der Waals surface area contributed by atoms with Gasteiger partial charge in [0.15, 0.2) is 0 Å². The monoisotopic (exact) mass is 347 g/mol. The Morgan fingerprint density at radius 3 is 2.52 bits per heavy atom. The molecule has 0 saturated carbocycles. The standard InChI is InChI=1S/C13H12F3N5O.ClH/c1-7-4-9(12(22)21-17)19-11(5-7)20-10-6-8(2-3-18-10)13(14,15)16;/h2-6H,17H2,1H3,(H,21,22)(H,18,19,20);1H. The summed E-state index contributed by atoms with van der Waals surface area (Å²) in [4.78, 5) is 19.2. The number of pyridine rings is 2. The molecule has 0 aliphatic heterocycles. The van der Waals surface area contributed by atoms with Gasteiger partial charge in [0.2, 0.25) is 0 Å². The molecule has 0 unspecified atom stereocenters. The number of carbonyl (C=O) groups is 1. The number of aryl methyl sites for hydroxylation is 1. The molecule has 0 aromatic carbocycles. The van der Waals surface area contributed by atoms with Gasteiger partial charge >= 0.3 is 6.18 Å². The summed E-state index contributed by atoms with van der Waals surface area (Å²) in [6, 6.07) is 4.77. The number of nitrogens with one attached hydrogen (secondary N) is 2. The van der Waals surface area contributed by atoms with Crippen LogP contribution in [0.5, 0.6) is 0 Å². The molecule has 0 aliphatic carbocycles. The van der Waals surface area contributed by atoms with Crippen molar-refractivity contribution in [2.24, 2.45) is 5.84 Å². The number of hydrogen-bond acceptors (Lipinski definition) is 5. The van der Waals surface area contributed by atoms with Crippen LogP contribution < -0.4 is 16.6 Å². The number of alkyl halides is 3. The highest BCUT2D eigenvalue weighted by Crippen LogP contribution is 2.30. The molecule has 124 valence electrons. The van der Waals surface area contributed by atoms with Crippen molar-refractivity contribution in [1.82, 2.24) is 15.4 Å². The van der Waals surface area contributed by atoms with E-state index in [-0.39, 0.29) is 29.7 Å². The van der Waals surface area contributed by atoms with Crippen LogP contribution in [-0.4, -0.2) is 15.9 Å². The number of hydrazine groups is 1. The molecule has 0 fully saturated rings. The van der Waals surface area contributed by atoms with Gasteiger partial charge in [-0.3, -0.25) is 10.2 Å². The SMILES string of the molecule is Cc1cc(Nc2cc(C(F)(F)F)ccn2)nc(C(=O)NN)c1.Cl. The van der Waals surface area contributed by atoms with Crippen molar-refractivity contribution >= 4 is 29.9 Å². The van der Waals surface area contributed by atoms with E-state index in [1.807, 2.05) is 5.43 Å². The average molecular weight is 348 g/mol. The summed E-state index contributed by atoms with van der Waals surface area (Å²) in [5.41, 5.74) is 1.82. The first-order chi connectivity index (χ1) is 10.3. The number of nitrogens with two attached hydrogens (primary N) is 1. The molecule has 6 nitrogen and oxygen atoms in total. The third kappa shape index (κ3) is 4.80. The van der Waals surface area contributed by atoms with Crippen LogP contribution in [0.4, 0.5) is 24.8 Å². The van der Waals surface area contributed by atoms with Crippen molar-refractivity contribution in [2.75, 3.05) is 5.32 Å². The first-order valence-corrected chi connectivity index (χ1v) is 6.09. The lowest BCUT2D eigenvalue weighted by atomic mass is 10.2. The minimum atomic E-state index is -4.47. The molecular weight excluding hydrogens is 335 g/mol. The first-order valence-electron chi connectivity index (χ1n) is 6.09. The van der Waals surface area contributed by atoms with Crippen LogP contribution in [0.1, 0.15) is 21.6 Å². The summed E-state index contributed by atoms with van der Waals surface area (Å²) in [6.07, 6.45) is -3.43. The van der Waals surface area contributed by atoms with Crippen LogP contribution in [0.25, 0.3) is 0 Å². The maximum absolute atomic E-state index is 12.6. The number of nitrogen functional groups attached to an aromatic ring is 1. The number of anilines is 2. The Bertz CT molecular complexity index is 708. The van der Waals surface area contributed by atoms with E-state index in [0.29, 0.717) is 5.56 Å². The van der Waals surface area contributed by atoms with E-state index < -0.39 is 17.6 Å². The van der Waals surface area contributed by atoms with Crippen LogP contribution in [0.2, 0.25) is 0 Å². The van der Waals surface area contributed by atoms with Gasteiger partial charge in [-0.05, 0) is 36.8 Å². The Balaban J connectivity index is 0.00000264. The van der Waals surface area contributed by atoms with Crippen molar-refractivity contribution in [1.29, 1.82) is 0 Å². The molecule has 0 saturated heterocycles. The second kappa shape index (κ2) is 7.25. The Labute approximate surface area is 135 Å². The lowest BCUT2D eigenvalue weighted by Gasteiger charge is -2.10. The van der Waals surface area contributed by atoms with Crippen molar-refractivity contribution in [2.45, 2.75) is 13.1 Å². The molecule has 0 atom stereocenters. The molecule has 2 rings (SSSR count). The molecule has 4 N–H and O–H groups in total. The van der Waals surface area contributed by atoms with E-state index in [2.05, 4.69) is 15.3 Å². The Morgan fingerprint density at radius 1 is 1.22 bits per heavy atom. The highest BCUT2D eigenvalue weighted by atomic mass is 35.5. The zero-order valence-corrected chi connectivity index (χ0v) is 12.6. The molecule has 2 heterocycles. The number of aromatic nitrogens is 2. The van der Waals surface area contributed by atoms with E-state index in [1.165, 1.54) is 6.07 Å². The van der Waals surface area contributed by atoms with Crippen molar-refractivity contribution in [3.05, 3.63) is 47.3 Å². The topological polar surface area (TPSA) is 92.9 Å². The number of carbonyl (C=O) groups excluding carboxylic acids is 1. The number of rotatable bonds is 3. The molecule has 1 amide bonds. The summed E-state index contributed by atoms with van der Waals surface area (Å²) in [5.74, 6) is 4.57. The fraction of sp³-hybridized carbons (Fsp3) is 0.154. The third-order valence-corrected chi connectivity index (χ3v) is 2.68. The second-order valence-corrected chi connectivity index (χ2v) is 4.44. The molecule has 0 radical (unpaired) electrons. The molecule has 0 bridgehead atoms. The molecule has 0 aliphatic rings. The van der Waals surface area contributed by atoms with E-state index >= 15 is 0 Å². The van der Waals surface area contributed by atoms with Crippen LogP contribution in [-0.2, 0) is 6.18 Å². The Morgan fingerprint density at radius 2 is 1.91 bits per heavy atom. The van der Waals surface area contributed by atoms with Crippen molar-refractivity contribution in [3.8, 4) is 0 Å². The molecular formula is C13H13ClF3N5O. The van der Waals surface area contributed by atoms with Gasteiger partial charge in [0.25, 0.3) is 5.91 Å². The summed E-state index contributed by atoms with van der Waals surface area (Å²) in [6.45, 7) is 1.71. The van der Waals surface area contributed by atoms with E-state index in [9.17, 15) is 18.0 Å². The summed E-state index contributed by atoms with van der Waals surface area (Å²) >= 11 is 0. The van der Waals surface area contributed by atoms with Gasteiger partial charge < -0.3 is 5.32 Å². The van der Waals surface area contributed by atoms with Crippen molar-refractivity contribution in [3.63, 3.8) is 0 Å². The maximum atomic E-state index is 12.6. The van der Waals surface area contributed by atoms with E-state index in [4.69, 9.17) is 5.84 Å². The van der Waals surface area contributed by atoms with Gasteiger partial charge in [-0.2, -0.15) is 13.2 Å². The number of halogens is 4. The summed E-state index contributed by atoms with van der Waals surface area (Å²) in [7, 11) is 0. The fourth-order valence-electron chi connectivity index (χ4n) is 1.73. The van der Waals surface area contributed by atoms with Gasteiger partial charge in [-0.15, -0.1) is 12.4 Å². The largest absolute Gasteiger partial charge is 0.416 e. The van der Waals surface area contributed by atoms with Crippen molar-refractivity contribution < 1.29 is 18.0 Å². The Hall–Kier alpha value is -2.39. The van der Waals surface area contributed by atoms with Gasteiger partial charge in [0.1, 0.15) is 17.3 Å². The number of nitrogens with zero attached hydrogens (tertiary/aromatic N) is 2. The first kappa shape index (κ1) is 18.7. The predicted octanol–water partition coefficient (Wildman–Crippen LogP) is 2.57. The minimum Gasteiger partial charge on any atom is -0.325 e. The smallest absolute Gasteiger partial charge is 0.325 e. The van der Waals surface area contributed by atoms with Gasteiger partial charge in [0.05, 0.1) is 5.56 Å². The number of amides is 1. The zero-order chi connectivity index (χ0) is 16.3. The molecule has 2 aromatic rings. The normalized spacial score (nSPS) is 10.7. The van der Waals surface area contributed by atoms with Gasteiger partial charge in [-0.25, -0.2) is 15.8 Å². The lowest BCUT2D eigenvalue weighted by molar-refractivity contribution is -0.137. The molecule has 2 aromatic heterocycles. The maximum Gasteiger partial charge on any atom is 0.416 e. The van der Waals surface area contributed by atoms with Gasteiger partial charge in [0, 0.05) is 6.20 Å². The van der Waals surface area contributed by atoms with Crippen LogP contribution in [0.3, 0.4) is 0 Å². The highest BCUT2D eigenvalue weighted by Gasteiger charge is 2.30. The quantitative estimate of drug-likeness (QED) is 0.451. The summed E-state index contributed by atoms with van der Waals surface area (Å²) in [5, 5.41) is 2.63. The zero-order valence-electron chi connectivity index (χ0n) is 11.8. The minimum absolute atomic E-state index is 0. The van der Waals surface area contributed by atoms with Crippen LogP contribution in [0.15, 0.2) is 30.5 Å². The predicted molar refractivity (Wildman–Crippen MR) is 80.4 cm³/mol. The molecule has 23 heavy (non-hydrogen) atoms. The Kier molecular flexibility index (Phi) is 5.88. The second-order valence-electron chi connectivity index (χ2n) is 4.44. The van der Waals surface area contributed by atoms with Crippen LogP contribution >= 0.6 is 12.4 Å². The fourth-order valence-corrected chi connectivity index (χ4v) is 1.73. The van der Waals surface area contributed by atoms with Crippen LogP contribution in [0, 0.1) is 6.92 Å².